The number of hydrogen-bond donors (Lipinski definition) is 3. The highest BCUT2D eigenvalue weighted by Gasteiger charge is 2.21. The summed E-state index contributed by atoms with van der Waals surface area (Å²) in [5.41, 5.74) is 1.93. The number of rotatable bonds is 8. The molecular weight excluding hydrogens is 479 g/mol. The maximum Gasteiger partial charge on any atom is 0.251 e. The van der Waals surface area contributed by atoms with Crippen molar-refractivity contribution in [1.29, 1.82) is 0 Å². The second kappa shape index (κ2) is 12.3. The molecule has 0 bridgehead atoms. The highest BCUT2D eigenvalue weighted by Crippen LogP contribution is 2.28. The molecule has 0 aliphatic carbocycles. The van der Waals surface area contributed by atoms with E-state index in [1.807, 2.05) is 55.5 Å². The monoisotopic (exact) mass is 508 g/mol. The number of carbonyl (C=O) groups is 1. The molecule has 1 heterocycles. The van der Waals surface area contributed by atoms with Gasteiger partial charge in [-0.05, 0) is 37.1 Å². The van der Waals surface area contributed by atoms with Crippen molar-refractivity contribution < 1.29 is 9.53 Å². The Labute approximate surface area is 189 Å². The van der Waals surface area contributed by atoms with E-state index in [2.05, 4.69) is 27.0 Å². The van der Waals surface area contributed by atoms with Crippen molar-refractivity contribution in [2.75, 3.05) is 26.2 Å². The predicted octanol–water partition coefficient (Wildman–Crippen LogP) is 2.98. The first-order valence-corrected chi connectivity index (χ1v) is 9.86. The number of guanidine groups is 1. The normalized spacial score (nSPS) is 14.9. The number of hydrogen-bond acceptors (Lipinski definition) is 3. The van der Waals surface area contributed by atoms with E-state index >= 15 is 0 Å². The van der Waals surface area contributed by atoms with Crippen molar-refractivity contribution in [1.82, 2.24) is 16.0 Å². The molecule has 0 spiro atoms. The van der Waals surface area contributed by atoms with Crippen LogP contribution >= 0.6 is 24.0 Å². The predicted molar refractivity (Wildman–Crippen MR) is 127 cm³/mol. The average Bonchev–Trinajstić information content (AvgIpc) is 3.15. The van der Waals surface area contributed by atoms with E-state index in [0.29, 0.717) is 18.7 Å². The van der Waals surface area contributed by atoms with Gasteiger partial charge in [-0.1, -0.05) is 36.4 Å². The first-order chi connectivity index (χ1) is 13.8. The summed E-state index contributed by atoms with van der Waals surface area (Å²) in [5.74, 6) is 1.70. The molecule has 1 atom stereocenters. The minimum atomic E-state index is -0.0425. The molecule has 2 aromatic rings. The summed E-state index contributed by atoms with van der Waals surface area (Å²) in [6.45, 7) is 4.78. The van der Waals surface area contributed by atoms with Crippen LogP contribution in [0, 0.1) is 0 Å². The summed E-state index contributed by atoms with van der Waals surface area (Å²) in [7, 11) is 0. The fourth-order valence-electron chi connectivity index (χ4n) is 3.08. The van der Waals surface area contributed by atoms with Crippen LogP contribution in [0.1, 0.15) is 29.3 Å². The molecule has 6 nitrogen and oxygen atoms in total. The van der Waals surface area contributed by atoms with Gasteiger partial charge in [-0.3, -0.25) is 4.79 Å². The zero-order valence-electron chi connectivity index (χ0n) is 16.7. The first-order valence-electron chi connectivity index (χ1n) is 9.86. The van der Waals surface area contributed by atoms with Gasteiger partial charge in [-0.25, -0.2) is 4.99 Å². The van der Waals surface area contributed by atoms with Gasteiger partial charge < -0.3 is 20.7 Å². The largest absolute Gasteiger partial charge is 0.488 e. The molecule has 3 rings (SSSR count). The summed E-state index contributed by atoms with van der Waals surface area (Å²) < 4.78 is 5.94. The molecule has 1 amide bonds. The molecule has 0 saturated carbocycles. The lowest BCUT2D eigenvalue weighted by molar-refractivity contribution is 0.0953. The molecule has 2 aromatic carbocycles. The van der Waals surface area contributed by atoms with Crippen molar-refractivity contribution in [3.63, 3.8) is 0 Å². The van der Waals surface area contributed by atoms with E-state index < -0.39 is 0 Å². The van der Waals surface area contributed by atoms with Crippen LogP contribution in [0.3, 0.4) is 0 Å². The summed E-state index contributed by atoms with van der Waals surface area (Å²) in [6, 6.07) is 17.4. The summed E-state index contributed by atoms with van der Waals surface area (Å²) in [5, 5.41) is 9.49. The van der Waals surface area contributed by atoms with Crippen molar-refractivity contribution in [3.8, 4) is 5.75 Å². The third-order valence-electron chi connectivity index (χ3n) is 4.48. The minimum Gasteiger partial charge on any atom is -0.488 e. The maximum absolute atomic E-state index is 12.0. The lowest BCUT2D eigenvalue weighted by Crippen LogP contribution is -2.39. The maximum atomic E-state index is 12.0. The molecule has 0 radical (unpaired) electrons. The Morgan fingerprint density at radius 1 is 1.03 bits per heavy atom. The zero-order valence-corrected chi connectivity index (χ0v) is 19.0. The number of aliphatic imine (C=N–C) groups is 1. The Morgan fingerprint density at radius 2 is 1.76 bits per heavy atom. The van der Waals surface area contributed by atoms with Gasteiger partial charge in [0.1, 0.15) is 11.9 Å². The number of ether oxygens (including phenoxy) is 1. The molecule has 7 heteroatoms. The summed E-state index contributed by atoms with van der Waals surface area (Å²) in [4.78, 5) is 16.6. The second-order valence-corrected chi connectivity index (χ2v) is 6.67. The first kappa shape index (κ1) is 23.0. The number of fused-ring (bicyclic) bond motifs is 1. The number of benzene rings is 2. The van der Waals surface area contributed by atoms with Crippen LogP contribution in [-0.2, 0) is 6.42 Å². The molecular formula is C22H29IN4O2. The van der Waals surface area contributed by atoms with Gasteiger partial charge >= 0.3 is 0 Å². The number of carbonyl (C=O) groups excluding carboxylic acids is 1. The van der Waals surface area contributed by atoms with Gasteiger partial charge in [-0.2, -0.15) is 0 Å². The highest BCUT2D eigenvalue weighted by atomic mass is 127. The topological polar surface area (TPSA) is 74.8 Å². The van der Waals surface area contributed by atoms with Crippen LogP contribution in [0.2, 0.25) is 0 Å². The molecule has 29 heavy (non-hydrogen) atoms. The molecule has 0 saturated heterocycles. The molecule has 3 N–H and O–H groups in total. The van der Waals surface area contributed by atoms with Gasteiger partial charge in [0.25, 0.3) is 5.91 Å². The van der Waals surface area contributed by atoms with Crippen molar-refractivity contribution in [3.05, 3.63) is 65.7 Å². The Morgan fingerprint density at radius 3 is 2.52 bits per heavy atom. The van der Waals surface area contributed by atoms with Crippen LogP contribution in [0.15, 0.2) is 59.6 Å². The number of halogens is 1. The van der Waals surface area contributed by atoms with E-state index in [-0.39, 0.29) is 36.0 Å². The van der Waals surface area contributed by atoms with Crippen LogP contribution in [-0.4, -0.2) is 44.1 Å². The lowest BCUT2D eigenvalue weighted by Gasteiger charge is -2.13. The standard InChI is InChI=1S/C22H28N4O2.HI/c1-2-23-22(26-16-19-15-18-11-6-7-12-20(18)28-19)25-14-8-13-24-21(27)17-9-4-3-5-10-17;/h3-7,9-12,19H,2,8,13-16H2,1H3,(H,24,27)(H2,23,25,26);1H. The van der Waals surface area contributed by atoms with Crippen LogP contribution in [0.25, 0.3) is 0 Å². The van der Waals surface area contributed by atoms with E-state index in [1.54, 1.807) is 0 Å². The number of para-hydroxylation sites is 1. The van der Waals surface area contributed by atoms with Crippen LogP contribution in [0.5, 0.6) is 5.75 Å². The van der Waals surface area contributed by atoms with Gasteiger partial charge in [0.15, 0.2) is 5.96 Å². The molecule has 0 fully saturated rings. The minimum absolute atomic E-state index is 0. The summed E-state index contributed by atoms with van der Waals surface area (Å²) >= 11 is 0. The van der Waals surface area contributed by atoms with E-state index in [0.717, 1.165) is 37.6 Å². The Bertz CT molecular complexity index is 773. The van der Waals surface area contributed by atoms with Gasteiger partial charge in [0.2, 0.25) is 0 Å². The van der Waals surface area contributed by atoms with Gasteiger partial charge in [0.05, 0.1) is 6.54 Å². The SMILES string of the molecule is CCNC(=NCC1Cc2ccccc2O1)NCCCNC(=O)c1ccccc1.I. The third-order valence-corrected chi connectivity index (χ3v) is 4.48. The molecule has 1 aliphatic heterocycles. The van der Waals surface area contributed by atoms with E-state index in [1.165, 1.54) is 5.56 Å². The quantitative estimate of drug-likeness (QED) is 0.222. The second-order valence-electron chi connectivity index (χ2n) is 6.67. The van der Waals surface area contributed by atoms with Crippen LogP contribution < -0.4 is 20.7 Å². The fraction of sp³-hybridized carbons (Fsp3) is 0.364. The smallest absolute Gasteiger partial charge is 0.251 e. The average molecular weight is 508 g/mol. The van der Waals surface area contributed by atoms with E-state index in [4.69, 9.17) is 4.74 Å². The van der Waals surface area contributed by atoms with E-state index in [9.17, 15) is 4.79 Å². The molecule has 1 aliphatic rings. The van der Waals surface area contributed by atoms with Crippen molar-refractivity contribution in [2.24, 2.45) is 4.99 Å². The Hall–Kier alpha value is -2.29. The molecule has 1 unspecified atom stereocenters. The number of amides is 1. The Balaban J connectivity index is 0.00000300. The van der Waals surface area contributed by atoms with Gasteiger partial charge in [0, 0.05) is 31.6 Å². The number of nitrogens with zero attached hydrogens (tertiary/aromatic N) is 1. The summed E-state index contributed by atoms with van der Waals surface area (Å²) in [6.07, 6.45) is 1.79. The molecule has 156 valence electrons. The molecule has 0 aromatic heterocycles. The van der Waals surface area contributed by atoms with Gasteiger partial charge in [-0.15, -0.1) is 24.0 Å². The highest BCUT2D eigenvalue weighted by molar-refractivity contribution is 14.0. The lowest BCUT2D eigenvalue weighted by atomic mass is 10.1. The van der Waals surface area contributed by atoms with Crippen LogP contribution in [0.4, 0.5) is 0 Å². The number of nitrogens with one attached hydrogen (secondary N) is 3. The fourth-order valence-corrected chi connectivity index (χ4v) is 3.08. The van der Waals surface area contributed by atoms with Crippen molar-refractivity contribution >= 4 is 35.8 Å². The zero-order chi connectivity index (χ0) is 19.6. The van der Waals surface area contributed by atoms with Crippen molar-refractivity contribution in [2.45, 2.75) is 25.9 Å². The Kier molecular flexibility index (Phi) is 9.76. The third kappa shape index (κ3) is 7.23.